The van der Waals surface area contributed by atoms with Gasteiger partial charge in [-0.25, -0.2) is 4.98 Å². The molecule has 0 aliphatic heterocycles. The van der Waals surface area contributed by atoms with Crippen molar-refractivity contribution in [3.63, 3.8) is 0 Å². The molecule has 1 aromatic heterocycles. The van der Waals surface area contributed by atoms with Crippen LogP contribution < -0.4 is 10.9 Å². The van der Waals surface area contributed by atoms with E-state index >= 15 is 0 Å². The van der Waals surface area contributed by atoms with Crippen LogP contribution in [0.25, 0.3) is 16.6 Å². The Kier molecular flexibility index (Phi) is 9.22. The van der Waals surface area contributed by atoms with E-state index in [1.54, 1.807) is 24.3 Å². The van der Waals surface area contributed by atoms with Crippen LogP contribution in [0.4, 0.5) is 0 Å². The normalized spacial score (nSPS) is 11.8. The Balaban J connectivity index is 1.29. The number of rotatable bonds is 10. The number of hydrogen-bond acceptors (Lipinski definition) is 4. The third-order valence-corrected chi connectivity index (χ3v) is 8.06. The first-order chi connectivity index (χ1) is 19.5. The predicted molar refractivity (Wildman–Crippen MR) is 165 cm³/mol. The van der Waals surface area contributed by atoms with Gasteiger partial charge in [-0.05, 0) is 54.3 Å². The molecule has 0 fully saturated rings. The van der Waals surface area contributed by atoms with Crippen molar-refractivity contribution in [3.05, 3.63) is 135 Å². The molecule has 0 spiro atoms. The maximum absolute atomic E-state index is 13.5. The van der Waals surface area contributed by atoms with Crippen molar-refractivity contribution in [2.75, 3.05) is 5.75 Å². The van der Waals surface area contributed by atoms with Crippen LogP contribution in [-0.2, 0) is 11.2 Å². The minimum Gasteiger partial charge on any atom is -0.349 e. The monoisotopic (exact) mass is 587 g/mol. The molecule has 202 valence electrons. The molecule has 1 N–H and O–H groups in total. The number of nitrogens with one attached hydrogen (secondary N) is 1. The maximum atomic E-state index is 13.5. The molecule has 0 aliphatic carbocycles. The summed E-state index contributed by atoms with van der Waals surface area (Å²) in [6, 6.07) is 32.3. The molecule has 0 saturated heterocycles. The van der Waals surface area contributed by atoms with Crippen molar-refractivity contribution in [2.24, 2.45) is 0 Å². The minimum absolute atomic E-state index is 0.0185. The van der Waals surface area contributed by atoms with E-state index < -0.39 is 0 Å². The number of nitrogens with zero attached hydrogens (tertiary/aromatic N) is 2. The van der Waals surface area contributed by atoms with Gasteiger partial charge in [0.05, 0.1) is 27.7 Å². The number of amides is 1. The third kappa shape index (κ3) is 6.76. The van der Waals surface area contributed by atoms with Gasteiger partial charge in [0.1, 0.15) is 0 Å². The largest absolute Gasteiger partial charge is 0.349 e. The van der Waals surface area contributed by atoms with Crippen LogP contribution in [0.2, 0.25) is 10.0 Å². The van der Waals surface area contributed by atoms with Crippen molar-refractivity contribution in [1.29, 1.82) is 0 Å². The Labute approximate surface area is 247 Å². The highest BCUT2D eigenvalue weighted by Gasteiger charge is 2.17. The zero-order chi connectivity index (χ0) is 27.9. The van der Waals surface area contributed by atoms with E-state index in [-0.39, 0.29) is 17.5 Å². The third-order valence-electron chi connectivity index (χ3n) is 6.49. The maximum Gasteiger partial charge on any atom is 0.266 e. The highest BCUT2D eigenvalue weighted by molar-refractivity contribution is 7.99. The summed E-state index contributed by atoms with van der Waals surface area (Å²) >= 11 is 14.0. The van der Waals surface area contributed by atoms with E-state index in [0.717, 1.165) is 11.1 Å². The molecule has 1 unspecified atom stereocenters. The summed E-state index contributed by atoms with van der Waals surface area (Å²) in [5.41, 5.74) is 3.15. The topological polar surface area (TPSA) is 64.0 Å². The number of thioether (sulfide) groups is 1. The average Bonchev–Trinajstić information content (AvgIpc) is 2.97. The molecule has 1 amide bonds. The van der Waals surface area contributed by atoms with E-state index in [4.69, 9.17) is 28.2 Å². The molecule has 8 heteroatoms. The van der Waals surface area contributed by atoms with Crippen molar-refractivity contribution in [3.8, 4) is 5.69 Å². The standard InChI is InChI=1S/C32H27Cl2N3O2S/c33-24-17-18-29(26(34)21-24)37-31(39)25-14-7-8-15-27(25)36-32(37)40-19-9-16-30(38)35-28(23-12-5-2-6-13-23)20-22-10-3-1-4-11-22/h1-8,10-15,17-18,21,28H,9,16,19-20H2,(H,35,38). The second-order valence-electron chi connectivity index (χ2n) is 9.32. The lowest BCUT2D eigenvalue weighted by Crippen LogP contribution is -2.29. The van der Waals surface area contributed by atoms with Crippen molar-refractivity contribution in [2.45, 2.75) is 30.5 Å². The molecule has 4 aromatic carbocycles. The second kappa shape index (κ2) is 13.2. The molecule has 40 heavy (non-hydrogen) atoms. The molecule has 5 aromatic rings. The first kappa shape index (κ1) is 28.0. The van der Waals surface area contributed by atoms with E-state index in [1.165, 1.54) is 16.3 Å². The highest BCUT2D eigenvalue weighted by Crippen LogP contribution is 2.28. The second-order valence-corrected chi connectivity index (χ2v) is 11.2. The summed E-state index contributed by atoms with van der Waals surface area (Å²) in [4.78, 5) is 31.3. The fraction of sp³-hybridized carbons (Fsp3) is 0.156. The Morgan fingerprint density at radius 1 is 0.900 bits per heavy atom. The number of hydrogen-bond donors (Lipinski definition) is 1. The number of carbonyl (C=O) groups excluding carboxylic acids is 1. The predicted octanol–water partition coefficient (Wildman–Crippen LogP) is 7.67. The molecule has 0 saturated carbocycles. The van der Waals surface area contributed by atoms with Crippen LogP contribution in [0.1, 0.15) is 30.0 Å². The van der Waals surface area contributed by atoms with Gasteiger partial charge >= 0.3 is 0 Å². The van der Waals surface area contributed by atoms with Gasteiger partial charge in [-0.15, -0.1) is 0 Å². The van der Waals surface area contributed by atoms with Crippen molar-refractivity contribution in [1.82, 2.24) is 14.9 Å². The fourth-order valence-electron chi connectivity index (χ4n) is 4.53. The molecular formula is C32H27Cl2N3O2S. The van der Waals surface area contributed by atoms with Gasteiger partial charge in [0.2, 0.25) is 5.91 Å². The summed E-state index contributed by atoms with van der Waals surface area (Å²) in [7, 11) is 0. The number of aromatic nitrogens is 2. The first-order valence-electron chi connectivity index (χ1n) is 13.0. The van der Waals surface area contributed by atoms with E-state index in [2.05, 4.69) is 17.4 Å². The Morgan fingerprint density at radius 3 is 2.35 bits per heavy atom. The lowest BCUT2D eigenvalue weighted by Gasteiger charge is -2.20. The van der Waals surface area contributed by atoms with Gasteiger partial charge in [0.25, 0.3) is 5.56 Å². The summed E-state index contributed by atoms with van der Waals surface area (Å²) in [6.45, 7) is 0. The zero-order valence-electron chi connectivity index (χ0n) is 21.6. The fourth-order valence-corrected chi connectivity index (χ4v) is 5.97. The minimum atomic E-state index is -0.207. The van der Waals surface area contributed by atoms with Crippen LogP contribution in [-0.4, -0.2) is 21.2 Å². The van der Waals surface area contributed by atoms with E-state index in [1.807, 2.05) is 66.7 Å². The van der Waals surface area contributed by atoms with Crippen molar-refractivity contribution < 1.29 is 4.79 Å². The first-order valence-corrected chi connectivity index (χ1v) is 14.7. The van der Waals surface area contributed by atoms with Crippen LogP contribution in [0.5, 0.6) is 0 Å². The molecular weight excluding hydrogens is 561 g/mol. The number of halogens is 2. The Morgan fingerprint density at radius 2 is 1.60 bits per heavy atom. The van der Waals surface area contributed by atoms with Crippen LogP contribution in [0, 0.1) is 0 Å². The lowest BCUT2D eigenvalue weighted by molar-refractivity contribution is -0.121. The molecule has 0 bridgehead atoms. The SMILES string of the molecule is O=C(CCCSc1nc2ccccc2c(=O)n1-c1ccc(Cl)cc1Cl)NC(Cc1ccccc1)c1ccccc1. The van der Waals surface area contributed by atoms with Crippen LogP contribution in [0.3, 0.4) is 0 Å². The van der Waals surface area contributed by atoms with Gasteiger partial charge in [-0.3, -0.25) is 14.2 Å². The smallest absolute Gasteiger partial charge is 0.266 e. The number of benzene rings is 4. The van der Waals surface area contributed by atoms with Crippen LogP contribution >= 0.6 is 35.0 Å². The van der Waals surface area contributed by atoms with E-state index in [0.29, 0.717) is 56.8 Å². The summed E-state index contributed by atoms with van der Waals surface area (Å²) in [5.74, 6) is 0.577. The molecule has 1 atom stereocenters. The Hall–Kier alpha value is -3.58. The number of carbonyl (C=O) groups is 1. The molecule has 1 heterocycles. The van der Waals surface area contributed by atoms with Gasteiger partial charge in [-0.2, -0.15) is 0 Å². The van der Waals surface area contributed by atoms with Crippen LogP contribution in [0.15, 0.2) is 113 Å². The Bertz CT molecular complexity index is 1680. The number of para-hydroxylation sites is 1. The average molecular weight is 589 g/mol. The van der Waals surface area contributed by atoms with E-state index in [9.17, 15) is 9.59 Å². The summed E-state index contributed by atoms with van der Waals surface area (Å²) in [6.07, 6.45) is 1.67. The quantitative estimate of drug-likeness (QED) is 0.103. The van der Waals surface area contributed by atoms with Gasteiger partial charge < -0.3 is 5.32 Å². The molecule has 5 nitrogen and oxygen atoms in total. The summed E-state index contributed by atoms with van der Waals surface area (Å²) < 4.78 is 1.52. The van der Waals surface area contributed by atoms with Gasteiger partial charge in [0.15, 0.2) is 5.16 Å². The van der Waals surface area contributed by atoms with Gasteiger partial charge in [0, 0.05) is 17.2 Å². The molecule has 0 aliphatic rings. The zero-order valence-corrected chi connectivity index (χ0v) is 23.9. The summed E-state index contributed by atoms with van der Waals surface area (Å²) in [5, 5.41) is 5.07. The lowest BCUT2D eigenvalue weighted by atomic mass is 9.98. The van der Waals surface area contributed by atoms with Gasteiger partial charge in [-0.1, -0.05) is 108 Å². The molecule has 0 radical (unpaired) electrons. The van der Waals surface area contributed by atoms with Crippen molar-refractivity contribution >= 4 is 51.8 Å². The molecule has 5 rings (SSSR count). The highest BCUT2D eigenvalue weighted by atomic mass is 35.5. The number of fused-ring (bicyclic) bond motifs is 1.